The smallest absolute Gasteiger partial charge is 0.258 e. The highest BCUT2D eigenvalue weighted by atomic mass is 16.5. The molecule has 0 radical (unpaired) electrons. The molecule has 2 N–H and O–H groups in total. The van der Waals surface area contributed by atoms with E-state index in [1.165, 1.54) is 0 Å². The van der Waals surface area contributed by atoms with Crippen LogP contribution in [0, 0.1) is 0 Å². The number of benzene rings is 3. The molecule has 6 heteroatoms. The van der Waals surface area contributed by atoms with Gasteiger partial charge in [0.2, 0.25) is 0 Å². The molecule has 0 aromatic heterocycles. The van der Waals surface area contributed by atoms with Gasteiger partial charge in [-0.15, -0.1) is 0 Å². The molecule has 0 aliphatic carbocycles. The third kappa shape index (κ3) is 3.55. The summed E-state index contributed by atoms with van der Waals surface area (Å²) in [4.78, 5) is 13.0. The van der Waals surface area contributed by atoms with Gasteiger partial charge < -0.3 is 24.8 Å². The van der Waals surface area contributed by atoms with Gasteiger partial charge in [-0.25, -0.2) is 0 Å². The van der Waals surface area contributed by atoms with Crippen LogP contribution in [0.25, 0.3) is 11.3 Å². The summed E-state index contributed by atoms with van der Waals surface area (Å²) in [7, 11) is 4.77. The lowest BCUT2D eigenvalue weighted by Gasteiger charge is -2.15. The fourth-order valence-corrected chi connectivity index (χ4v) is 3.45. The van der Waals surface area contributed by atoms with Crippen molar-refractivity contribution in [1.82, 2.24) is 0 Å². The first kappa shape index (κ1) is 19.4. The Bertz CT molecular complexity index is 1110. The molecule has 0 bridgehead atoms. The molecule has 1 aliphatic rings. The van der Waals surface area contributed by atoms with E-state index in [1.807, 2.05) is 60.7 Å². The summed E-state index contributed by atoms with van der Waals surface area (Å²) in [5, 5.41) is 6.35. The van der Waals surface area contributed by atoms with Crippen LogP contribution in [0.5, 0.6) is 17.2 Å². The number of carbonyl (C=O) groups excluding carboxylic acids is 1. The molecule has 0 saturated carbocycles. The van der Waals surface area contributed by atoms with Gasteiger partial charge >= 0.3 is 0 Å². The van der Waals surface area contributed by atoms with Crippen LogP contribution < -0.4 is 24.8 Å². The Labute approximate surface area is 175 Å². The Morgan fingerprint density at radius 2 is 1.50 bits per heavy atom. The highest BCUT2D eigenvalue weighted by Crippen LogP contribution is 2.43. The number of fused-ring (bicyclic) bond motifs is 1. The lowest BCUT2D eigenvalue weighted by molar-refractivity contribution is -0.110. The maximum absolute atomic E-state index is 13.0. The van der Waals surface area contributed by atoms with Crippen molar-refractivity contribution >= 4 is 28.6 Å². The molecule has 3 aromatic carbocycles. The molecule has 1 aliphatic heterocycles. The number of nitrogens with one attached hydrogen (secondary N) is 2. The van der Waals surface area contributed by atoms with Crippen LogP contribution in [0.1, 0.15) is 11.1 Å². The number of hydrogen-bond acceptors (Lipinski definition) is 5. The highest BCUT2D eigenvalue weighted by molar-refractivity contribution is 6.37. The second-order valence-corrected chi connectivity index (χ2v) is 6.68. The van der Waals surface area contributed by atoms with Gasteiger partial charge in [0.25, 0.3) is 5.91 Å². The quantitative estimate of drug-likeness (QED) is 0.588. The molecular formula is C24H22N2O4. The van der Waals surface area contributed by atoms with Gasteiger partial charge in [-0.2, -0.15) is 0 Å². The van der Waals surface area contributed by atoms with Crippen LogP contribution in [0.4, 0.5) is 11.4 Å². The summed E-state index contributed by atoms with van der Waals surface area (Å²) in [6.45, 7) is 0. The number of hydrogen-bond donors (Lipinski definition) is 2. The van der Waals surface area contributed by atoms with Crippen LogP contribution in [-0.2, 0) is 4.79 Å². The van der Waals surface area contributed by atoms with Crippen molar-refractivity contribution in [2.24, 2.45) is 0 Å². The molecule has 1 heterocycles. The average Bonchev–Trinajstić information content (AvgIpc) is 3.11. The second kappa shape index (κ2) is 8.21. The summed E-state index contributed by atoms with van der Waals surface area (Å²) in [5.74, 6) is 1.68. The zero-order valence-electron chi connectivity index (χ0n) is 17.0. The molecule has 0 atom stereocenters. The van der Waals surface area contributed by atoms with Crippen LogP contribution in [-0.4, -0.2) is 27.2 Å². The van der Waals surface area contributed by atoms with Gasteiger partial charge in [0.15, 0.2) is 11.5 Å². The van der Waals surface area contributed by atoms with Crippen molar-refractivity contribution in [3.63, 3.8) is 0 Å². The minimum absolute atomic E-state index is 0.194. The van der Waals surface area contributed by atoms with E-state index in [9.17, 15) is 4.79 Å². The van der Waals surface area contributed by atoms with E-state index in [4.69, 9.17) is 14.2 Å². The standard InChI is InChI=1S/C24H22N2O4/c1-28-17-11-9-16(10-12-17)25-23(15-7-5-4-6-8-15)22-18-13-20(29-2)21(30-3)14-19(18)26-24(22)27/h4-14,25H,1-3H3,(H,26,27). The van der Waals surface area contributed by atoms with Gasteiger partial charge in [0.05, 0.1) is 38.3 Å². The van der Waals surface area contributed by atoms with E-state index in [1.54, 1.807) is 27.4 Å². The first-order valence-corrected chi connectivity index (χ1v) is 9.43. The molecule has 0 saturated heterocycles. The average molecular weight is 402 g/mol. The minimum atomic E-state index is -0.194. The third-order valence-corrected chi connectivity index (χ3v) is 4.94. The van der Waals surface area contributed by atoms with Crippen molar-refractivity contribution in [3.05, 3.63) is 77.9 Å². The largest absolute Gasteiger partial charge is 0.497 e. The monoisotopic (exact) mass is 402 g/mol. The van der Waals surface area contributed by atoms with E-state index in [2.05, 4.69) is 10.6 Å². The van der Waals surface area contributed by atoms with Gasteiger partial charge in [-0.1, -0.05) is 30.3 Å². The fourth-order valence-electron chi connectivity index (χ4n) is 3.45. The van der Waals surface area contributed by atoms with Gasteiger partial charge in [0.1, 0.15) is 5.75 Å². The number of anilines is 2. The molecule has 4 rings (SSSR count). The van der Waals surface area contributed by atoms with E-state index < -0.39 is 0 Å². The molecule has 1 amide bonds. The number of rotatable bonds is 6. The first-order chi connectivity index (χ1) is 14.6. The Balaban J connectivity index is 1.89. The predicted octanol–water partition coefficient (Wildman–Crippen LogP) is 4.64. The Morgan fingerprint density at radius 1 is 0.833 bits per heavy atom. The third-order valence-electron chi connectivity index (χ3n) is 4.94. The van der Waals surface area contributed by atoms with Gasteiger partial charge in [0, 0.05) is 17.3 Å². The lowest BCUT2D eigenvalue weighted by Crippen LogP contribution is -2.10. The van der Waals surface area contributed by atoms with Crippen molar-refractivity contribution in [1.29, 1.82) is 0 Å². The molecule has 30 heavy (non-hydrogen) atoms. The predicted molar refractivity (Wildman–Crippen MR) is 118 cm³/mol. The Kier molecular flexibility index (Phi) is 5.30. The van der Waals surface area contributed by atoms with E-state index in [0.29, 0.717) is 28.5 Å². The number of ether oxygens (including phenoxy) is 3. The molecular weight excluding hydrogens is 380 g/mol. The zero-order chi connectivity index (χ0) is 21.1. The van der Waals surface area contributed by atoms with E-state index >= 15 is 0 Å². The van der Waals surface area contributed by atoms with Crippen LogP contribution in [0.3, 0.4) is 0 Å². The Hall–Kier alpha value is -3.93. The number of methoxy groups -OCH3 is 3. The molecule has 0 unspecified atom stereocenters. The van der Waals surface area contributed by atoms with Crippen molar-refractivity contribution in [2.75, 3.05) is 32.0 Å². The number of amides is 1. The van der Waals surface area contributed by atoms with Crippen molar-refractivity contribution in [2.45, 2.75) is 0 Å². The molecule has 6 nitrogen and oxygen atoms in total. The summed E-state index contributed by atoms with van der Waals surface area (Å²) in [6.07, 6.45) is 0. The fraction of sp³-hybridized carbons (Fsp3) is 0.125. The van der Waals surface area contributed by atoms with Crippen LogP contribution in [0.15, 0.2) is 66.7 Å². The highest BCUT2D eigenvalue weighted by Gasteiger charge is 2.30. The summed E-state index contributed by atoms with van der Waals surface area (Å²) in [6, 6.07) is 20.9. The minimum Gasteiger partial charge on any atom is -0.497 e. The molecule has 3 aromatic rings. The van der Waals surface area contributed by atoms with Crippen molar-refractivity contribution < 1.29 is 19.0 Å². The maximum Gasteiger partial charge on any atom is 0.258 e. The molecule has 0 fully saturated rings. The van der Waals surface area contributed by atoms with Crippen LogP contribution >= 0.6 is 0 Å². The van der Waals surface area contributed by atoms with Crippen molar-refractivity contribution in [3.8, 4) is 17.2 Å². The van der Waals surface area contributed by atoms with Gasteiger partial charge in [-0.05, 0) is 35.9 Å². The maximum atomic E-state index is 13.0. The van der Waals surface area contributed by atoms with Gasteiger partial charge in [-0.3, -0.25) is 4.79 Å². The Morgan fingerprint density at radius 3 is 2.13 bits per heavy atom. The SMILES string of the molecule is COc1ccc(NC(=C2C(=O)Nc3cc(OC)c(OC)cc32)c2ccccc2)cc1. The zero-order valence-corrected chi connectivity index (χ0v) is 17.0. The number of carbonyl (C=O) groups is 1. The topological polar surface area (TPSA) is 68.8 Å². The molecule has 152 valence electrons. The van der Waals surface area contributed by atoms with Crippen LogP contribution in [0.2, 0.25) is 0 Å². The summed E-state index contributed by atoms with van der Waals surface area (Å²) in [5.41, 5.74) is 4.39. The summed E-state index contributed by atoms with van der Waals surface area (Å²) >= 11 is 0. The lowest BCUT2D eigenvalue weighted by atomic mass is 9.99. The van der Waals surface area contributed by atoms with E-state index in [0.717, 1.165) is 22.6 Å². The first-order valence-electron chi connectivity index (χ1n) is 9.43. The second-order valence-electron chi connectivity index (χ2n) is 6.68. The molecule has 0 spiro atoms. The summed E-state index contributed by atoms with van der Waals surface area (Å²) < 4.78 is 16.1. The normalized spacial score (nSPS) is 13.9. The van der Waals surface area contributed by atoms with E-state index in [-0.39, 0.29) is 5.91 Å².